The van der Waals surface area contributed by atoms with Crippen molar-refractivity contribution in [1.29, 1.82) is 0 Å². The van der Waals surface area contributed by atoms with E-state index in [-0.39, 0.29) is 52.5 Å². The molecular formula is C26H39N3O8. The molecule has 0 aromatic heterocycles. The van der Waals surface area contributed by atoms with E-state index in [1.54, 1.807) is 27.7 Å². The third kappa shape index (κ3) is 16.8. The zero-order chi connectivity index (χ0) is 27.5. The fourth-order valence-corrected chi connectivity index (χ4v) is 2.85. The van der Waals surface area contributed by atoms with E-state index in [0.717, 1.165) is 5.56 Å². The van der Waals surface area contributed by atoms with Crippen LogP contribution in [0.2, 0.25) is 0 Å². The lowest BCUT2D eigenvalue weighted by atomic mass is 10.1. The van der Waals surface area contributed by atoms with Crippen LogP contribution >= 0.6 is 0 Å². The fraction of sp³-hybridized carbons (Fsp3) is 0.538. The van der Waals surface area contributed by atoms with Gasteiger partial charge in [-0.2, -0.15) is 0 Å². The molecule has 0 spiro atoms. The topological polar surface area (TPSA) is 141 Å². The predicted octanol–water partition coefficient (Wildman–Crippen LogP) is 1.51. The van der Waals surface area contributed by atoms with E-state index in [0.29, 0.717) is 0 Å². The molecule has 11 heteroatoms. The summed E-state index contributed by atoms with van der Waals surface area (Å²) in [5.41, 5.74) is 0.306. The molecule has 1 atom stereocenters. The number of benzene rings is 1. The number of carbonyl (C=O) groups excluding carboxylic acids is 4. The Hall–Kier alpha value is -3.44. The minimum atomic E-state index is -0.829. The van der Waals surface area contributed by atoms with Crippen molar-refractivity contribution in [3.63, 3.8) is 0 Å². The number of hydrogen-bond acceptors (Lipinski definition) is 8. The van der Waals surface area contributed by atoms with E-state index in [9.17, 15) is 19.2 Å². The van der Waals surface area contributed by atoms with Crippen molar-refractivity contribution in [3.8, 4) is 0 Å². The lowest BCUT2D eigenvalue weighted by molar-refractivity contribution is -0.137. The number of carbonyl (C=O) groups is 4. The molecule has 1 rings (SSSR count). The maximum atomic E-state index is 12.7. The first-order chi connectivity index (χ1) is 17.6. The van der Waals surface area contributed by atoms with Crippen LogP contribution in [-0.4, -0.2) is 81.6 Å². The average molecular weight is 522 g/mol. The summed E-state index contributed by atoms with van der Waals surface area (Å²) in [5, 5.41) is 7.93. The summed E-state index contributed by atoms with van der Waals surface area (Å²) >= 11 is 0. The van der Waals surface area contributed by atoms with Crippen molar-refractivity contribution < 1.29 is 38.1 Å². The number of ether oxygens (including phenoxy) is 4. The van der Waals surface area contributed by atoms with Gasteiger partial charge in [-0.05, 0) is 33.3 Å². The van der Waals surface area contributed by atoms with Gasteiger partial charge in [-0.25, -0.2) is 9.59 Å². The summed E-state index contributed by atoms with van der Waals surface area (Å²) in [6, 6.07) is 8.45. The second-order valence-corrected chi connectivity index (χ2v) is 8.80. The number of amides is 3. The van der Waals surface area contributed by atoms with Crippen LogP contribution in [0.3, 0.4) is 0 Å². The van der Waals surface area contributed by atoms with Crippen LogP contribution in [0.15, 0.2) is 42.5 Å². The maximum absolute atomic E-state index is 12.7. The van der Waals surface area contributed by atoms with Gasteiger partial charge in [-0.15, -0.1) is 0 Å². The number of esters is 1. The number of nitrogens with one attached hydrogen (secondary N) is 3. The molecule has 3 N–H and O–H groups in total. The van der Waals surface area contributed by atoms with E-state index in [2.05, 4.69) is 16.0 Å². The summed E-state index contributed by atoms with van der Waals surface area (Å²) < 4.78 is 20.6. The molecule has 3 amide bonds. The highest BCUT2D eigenvalue weighted by atomic mass is 16.6. The van der Waals surface area contributed by atoms with Crippen LogP contribution in [-0.2, 0) is 39.8 Å². The van der Waals surface area contributed by atoms with Crippen LogP contribution in [0.4, 0.5) is 4.79 Å². The molecular weight excluding hydrogens is 482 g/mol. The molecule has 0 aliphatic carbocycles. The Morgan fingerprint density at radius 1 is 0.973 bits per heavy atom. The van der Waals surface area contributed by atoms with Gasteiger partial charge >= 0.3 is 12.1 Å². The minimum absolute atomic E-state index is 0.107. The van der Waals surface area contributed by atoms with Gasteiger partial charge in [-0.3, -0.25) is 9.59 Å². The van der Waals surface area contributed by atoms with Crippen molar-refractivity contribution in [2.75, 3.05) is 46.1 Å². The second-order valence-electron chi connectivity index (χ2n) is 8.80. The van der Waals surface area contributed by atoms with Gasteiger partial charge in [0.2, 0.25) is 11.8 Å². The summed E-state index contributed by atoms with van der Waals surface area (Å²) in [7, 11) is 0. The highest BCUT2D eigenvalue weighted by molar-refractivity contribution is 5.88. The van der Waals surface area contributed by atoms with Gasteiger partial charge in [0.25, 0.3) is 0 Å². The molecule has 11 nitrogen and oxygen atoms in total. The third-order valence-corrected chi connectivity index (χ3v) is 4.39. The summed E-state index contributed by atoms with van der Waals surface area (Å²) in [6.07, 6.45) is 2.48. The fourth-order valence-electron chi connectivity index (χ4n) is 2.85. The van der Waals surface area contributed by atoms with Crippen LogP contribution in [0.5, 0.6) is 0 Å². The first-order valence-corrected chi connectivity index (χ1v) is 12.2. The van der Waals surface area contributed by atoms with Crippen molar-refractivity contribution in [1.82, 2.24) is 16.0 Å². The van der Waals surface area contributed by atoms with Crippen LogP contribution in [0.25, 0.3) is 0 Å². The number of rotatable bonds is 16. The highest BCUT2D eigenvalue weighted by Gasteiger charge is 2.21. The van der Waals surface area contributed by atoms with Gasteiger partial charge in [0, 0.05) is 25.6 Å². The molecule has 0 bridgehead atoms. The summed E-state index contributed by atoms with van der Waals surface area (Å²) in [4.78, 5) is 47.9. The van der Waals surface area contributed by atoms with E-state index in [1.165, 1.54) is 12.2 Å². The summed E-state index contributed by atoms with van der Waals surface area (Å²) in [5.74, 6) is -1.34. The normalized spacial score (nSPS) is 12.0. The number of hydrogen-bond donors (Lipinski definition) is 3. The van der Waals surface area contributed by atoms with Crippen LogP contribution < -0.4 is 16.0 Å². The predicted molar refractivity (Wildman–Crippen MR) is 137 cm³/mol. The lowest BCUT2D eigenvalue weighted by Crippen LogP contribution is -2.49. The second kappa shape index (κ2) is 17.9. The molecule has 0 radical (unpaired) electrons. The lowest BCUT2D eigenvalue weighted by Gasteiger charge is -2.19. The van der Waals surface area contributed by atoms with Gasteiger partial charge < -0.3 is 34.9 Å². The summed E-state index contributed by atoms with van der Waals surface area (Å²) in [6.45, 7) is 8.08. The zero-order valence-electron chi connectivity index (χ0n) is 22.0. The van der Waals surface area contributed by atoms with E-state index in [4.69, 9.17) is 18.9 Å². The number of alkyl carbamates (subject to hydrolysis) is 1. The smallest absolute Gasteiger partial charge is 0.407 e. The monoisotopic (exact) mass is 521 g/mol. The Balaban J connectivity index is 2.37. The van der Waals surface area contributed by atoms with Gasteiger partial charge in [0.15, 0.2) is 0 Å². The first-order valence-electron chi connectivity index (χ1n) is 12.2. The maximum Gasteiger partial charge on any atom is 0.407 e. The molecule has 206 valence electrons. The van der Waals surface area contributed by atoms with Crippen molar-refractivity contribution in [3.05, 3.63) is 48.0 Å². The van der Waals surface area contributed by atoms with Crippen molar-refractivity contribution in [2.24, 2.45) is 0 Å². The van der Waals surface area contributed by atoms with Crippen molar-refractivity contribution in [2.45, 2.75) is 45.8 Å². The molecule has 0 unspecified atom stereocenters. The molecule has 0 aliphatic rings. The first kappa shape index (κ1) is 31.6. The molecule has 1 aromatic rings. The molecule has 1 aromatic carbocycles. The van der Waals surface area contributed by atoms with Gasteiger partial charge in [-0.1, -0.05) is 36.4 Å². The molecule has 0 saturated heterocycles. The molecule has 37 heavy (non-hydrogen) atoms. The zero-order valence-corrected chi connectivity index (χ0v) is 22.0. The van der Waals surface area contributed by atoms with E-state index < -0.39 is 35.5 Å². The van der Waals surface area contributed by atoms with Crippen LogP contribution in [0, 0.1) is 0 Å². The third-order valence-electron chi connectivity index (χ3n) is 4.39. The van der Waals surface area contributed by atoms with Gasteiger partial charge in [0.05, 0.1) is 26.4 Å². The Morgan fingerprint density at radius 3 is 2.35 bits per heavy atom. The van der Waals surface area contributed by atoms with E-state index >= 15 is 0 Å². The standard InChI is InChI=1S/C26H39N3O8/c1-5-36-23(31)12-9-13-27-24(32)21(18-20-10-7-6-8-11-20)29-22(30)19-35-17-16-34-15-14-28-25(33)37-26(2,3)4/h6-12,21H,5,13-19H2,1-4H3,(H,27,32)(H,28,33)(H,29,30)/b12-9+/t21-/m0/s1. The Bertz CT molecular complexity index is 868. The van der Waals surface area contributed by atoms with Crippen LogP contribution in [0.1, 0.15) is 33.3 Å². The SMILES string of the molecule is CCOC(=O)/C=C/CNC(=O)[C@H](Cc1ccccc1)NC(=O)COCCOCCNC(=O)OC(C)(C)C. The molecule has 0 aliphatic heterocycles. The Kier molecular flexibility index (Phi) is 15.3. The highest BCUT2D eigenvalue weighted by Crippen LogP contribution is 2.06. The largest absolute Gasteiger partial charge is 0.463 e. The van der Waals surface area contributed by atoms with E-state index in [1.807, 2.05) is 30.3 Å². The Labute approximate surface area is 218 Å². The molecule has 0 fully saturated rings. The average Bonchev–Trinajstić information content (AvgIpc) is 2.82. The Morgan fingerprint density at radius 2 is 1.68 bits per heavy atom. The molecule has 0 saturated carbocycles. The quantitative estimate of drug-likeness (QED) is 0.169. The minimum Gasteiger partial charge on any atom is -0.463 e. The van der Waals surface area contributed by atoms with Crippen molar-refractivity contribution >= 4 is 23.9 Å². The van der Waals surface area contributed by atoms with Gasteiger partial charge in [0.1, 0.15) is 18.2 Å². The molecule has 0 heterocycles.